The summed E-state index contributed by atoms with van der Waals surface area (Å²) >= 11 is 0. The molecule has 7 nitrogen and oxygen atoms in total. The number of halogens is 1. The number of rotatable bonds is 12. The van der Waals surface area contributed by atoms with Crippen LogP contribution in [0.4, 0.5) is 4.39 Å². The standard InChI is InChI=1S/C28H34FN3O4S/c1-4-6-17-30-28(34)26(5-2)32(19-21-11-14-24(29)15-12-21)27(33)20-31(3)37(35,36)25-16-13-22-9-7-8-10-23(22)18-25/h7-16,18,26H,4-6,17,19-20H2,1-3H3,(H,30,34)/t26-/m0/s1. The van der Waals surface area contributed by atoms with E-state index in [0.717, 1.165) is 27.9 Å². The molecule has 3 aromatic carbocycles. The van der Waals surface area contributed by atoms with Crippen molar-refractivity contribution in [1.29, 1.82) is 0 Å². The number of benzene rings is 3. The average molecular weight is 528 g/mol. The molecular weight excluding hydrogens is 493 g/mol. The molecular formula is C28H34FN3O4S. The van der Waals surface area contributed by atoms with E-state index < -0.39 is 34.3 Å². The molecule has 0 aliphatic carbocycles. The summed E-state index contributed by atoms with van der Waals surface area (Å²) in [6.45, 7) is 3.89. The molecule has 0 unspecified atom stereocenters. The number of hydrogen-bond donors (Lipinski definition) is 1. The molecule has 37 heavy (non-hydrogen) atoms. The van der Waals surface area contributed by atoms with Crippen LogP contribution in [0.25, 0.3) is 10.8 Å². The maximum atomic E-state index is 13.5. The molecule has 0 aliphatic rings. The average Bonchev–Trinajstić information content (AvgIpc) is 2.89. The zero-order valence-electron chi connectivity index (χ0n) is 21.5. The molecule has 0 saturated carbocycles. The summed E-state index contributed by atoms with van der Waals surface area (Å²) in [7, 11) is -2.62. The van der Waals surface area contributed by atoms with E-state index in [1.54, 1.807) is 31.2 Å². The van der Waals surface area contributed by atoms with Gasteiger partial charge in [0, 0.05) is 20.1 Å². The first kappa shape index (κ1) is 28.3. The van der Waals surface area contributed by atoms with Gasteiger partial charge in [0.2, 0.25) is 21.8 Å². The first-order valence-corrected chi connectivity index (χ1v) is 13.9. The van der Waals surface area contributed by atoms with Gasteiger partial charge in [-0.1, -0.05) is 62.7 Å². The van der Waals surface area contributed by atoms with E-state index in [1.165, 1.54) is 30.1 Å². The predicted molar refractivity (Wildman–Crippen MR) is 143 cm³/mol. The van der Waals surface area contributed by atoms with E-state index in [4.69, 9.17) is 0 Å². The van der Waals surface area contributed by atoms with Crippen molar-refractivity contribution in [3.63, 3.8) is 0 Å². The molecule has 0 aromatic heterocycles. The zero-order valence-corrected chi connectivity index (χ0v) is 22.3. The molecule has 0 spiro atoms. The SMILES string of the molecule is CCCCNC(=O)[C@H](CC)N(Cc1ccc(F)cc1)C(=O)CN(C)S(=O)(=O)c1ccc2ccccc2c1. The van der Waals surface area contributed by atoms with E-state index in [9.17, 15) is 22.4 Å². The Morgan fingerprint density at radius 3 is 2.30 bits per heavy atom. The van der Waals surface area contributed by atoms with E-state index in [2.05, 4.69) is 5.32 Å². The normalized spacial score (nSPS) is 12.5. The van der Waals surface area contributed by atoms with E-state index in [-0.39, 0.29) is 17.3 Å². The Balaban J connectivity index is 1.85. The fourth-order valence-corrected chi connectivity index (χ4v) is 5.24. The quantitative estimate of drug-likeness (QED) is 0.356. The van der Waals surface area contributed by atoms with E-state index in [0.29, 0.717) is 18.5 Å². The van der Waals surface area contributed by atoms with Crippen molar-refractivity contribution < 1.29 is 22.4 Å². The van der Waals surface area contributed by atoms with Crippen molar-refractivity contribution in [2.45, 2.75) is 50.6 Å². The van der Waals surface area contributed by atoms with Gasteiger partial charge in [-0.3, -0.25) is 9.59 Å². The number of fused-ring (bicyclic) bond motifs is 1. The number of nitrogens with zero attached hydrogens (tertiary/aromatic N) is 2. The smallest absolute Gasteiger partial charge is 0.243 e. The second kappa shape index (κ2) is 12.8. The van der Waals surface area contributed by atoms with Gasteiger partial charge in [0.25, 0.3) is 0 Å². The Labute approximate surface area is 218 Å². The molecule has 0 heterocycles. The number of amides is 2. The highest BCUT2D eigenvalue weighted by molar-refractivity contribution is 7.89. The molecule has 9 heteroatoms. The van der Waals surface area contributed by atoms with Gasteiger partial charge in [-0.2, -0.15) is 4.31 Å². The van der Waals surface area contributed by atoms with Gasteiger partial charge in [0.15, 0.2) is 0 Å². The van der Waals surface area contributed by atoms with Crippen molar-refractivity contribution in [3.05, 3.63) is 78.1 Å². The minimum atomic E-state index is -3.97. The summed E-state index contributed by atoms with van der Waals surface area (Å²) in [5.74, 6) is -1.23. The third-order valence-corrected chi connectivity index (χ3v) is 8.07. The third-order valence-electron chi connectivity index (χ3n) is 6.27. The number of unbranched alkanes of at least 4 members (excludes halogenated alkanes) is 1. The Hall–Kier alpha value is -3.30. The van der Waals surface area contributed by atoms with Crippen molar-refractivity contribution in [2.75, 3.05) is 20.1 Å². The summed E-state index contributed by atoms with van der Waals surface area (Å²) in [4.78, 5) is 27.9. The molecule has 2 amide bonds. The number of hydrogen-bond acceptors (Lipinski definition) is 4. The summed E-state index contributed by atoms with van der Waals surface area (Å²) < 4.78 is 41.1. The lowest BCUT2D eigenvalue weighted by atomic mass is 10.1. The number of carbonyl (C=O) groups is 2. The Morgan fingerprint density at radius 1 is 0.973 bits per heavy atom. The molecule has 0 radical (unpaired) electrons. The summed E-state index contributed by atoms with van der Waals surface area (Å²) in [6.07, 6.45) is 2.06. The van der Waals surface area contributed by atoms with Gasteiger partial charge in [0.1, 0.15) is 11.9 Å². The van der Waals surface area contributed by atoms with Gasteiger partial charge in [-0.25, -0.2) is 12.8 Å². The van der Waals surface area contributed by atoms with Crippen LogP contribution < -0.4 is 5.32 Å². The summed E-state index contributed by atoms with van der Waals surface area (Å²) in [6, 6.07) is 17.1. The molecule has 1 atom stereocenters. The molecule has 0 saturated heterocycles. The Kier molecular flexibility index (Phi) is 9.77. The van der Waals surface area contributed by atoms with Crippen molar-refractivity contribution >= 4 is 32.6 Å². The monoisotopic (exact) mass is 527 g/mol. The largest absolute Gasteiger partial charge is 0.354 e. The zero-order chi connectivity index (χ0) is 27.0. The first-order chi connectivity index (χ1) is 17.7. The number of nitrogens with one attached hydrogen (secondary N) is 1. The molecule has 3 rings (SSSR count). The van der Waals surface area contributed by atoms with E-state index in [1.807, 2.05) is 31.2 Å². The molecule has 3 aromatic rings. The van der Waals surface area contributed by atoms with Crippen LogP contribution in [0.3, 0.4) is 0 Å². The van der Waals surface area contributed by atoms with Gasteiger partial charge >= 0.3 is 0 Å². The lowest BCUT2D eigenvalue weighted by Crippen LogP contribution is -2.51. The molecule has 1 N–H and O–H groups in total. The fourth-order valence-electron chi connectivity index (χ4n) is 4.09. The minimum absolute atomic E-state index is 0.0443. The van der Waals surface area contributed by atoms with Crippen LogP contribution in [0.5, 0.6) is 0 Å². The fraction of sp³-hybridized carbons (Fsp3) is 0.357. The summed E-state index contributed by atoms with van der Waals surface area (Å²) in [5, 5.41) is 4.55. The van der Waals surface area contributed by atoms with Crippen LogP contribution in [0, 0.1) is 5.82 Å². The molecule has 198 valence electrons. The summed E-state index contributed by atoms with van der Waals surface area (Å²) in [5.41, 5.74) is 0.634. The van der Waals surface area contributed by atoms with Crippen LogP contribution in [0.15, 0.2) is 71.6 Å². The van der Waals surface area contributed by atoms with Gasteiger partial charge in [-0.15, -0.1) is 0 Å². The number of likely N-dealkylation sites (N-methyl/N-ethyl adjacent to an activating group) is 1. The Bertz CT molecular complexity index is 1330. The second-order valence-corrected chi connectivity index (χ2v) is 11.0. The third kappa shape index (κ3) is 7.14. The predicted octanol–water partition coefficient (Wildman–Crippen LogP) is 4.32. The van der Waals surface area contributed by atoms with Crippen LogP contribution in [0.2, 0.25) is 0 Å². The second-order valence-electron chi connectivity index (χ2n) is 8.99. The minimum Gasteiger partial charge on any atom is -0.354 e. The lowest BCUT2D eigenvalue weighted by Gasteiger charge is -2.32. The van der Waals surface area contributed by atoms with Crippen molar-refractivity contribution in [3.8, 4) is 0 Å². The van der Waals surface area contributed by atoms with Gasteiger partial charge in [0.05, 0.1) is 11.4 Å². The lowest BCUT2D eigenvalue weighted by molar-refractivity contribution is -0.141. The van der Waals surface area contributed by atoms with Crippen LogP contribution in [0.1, 0.15) is 38.7 Å². The highest BCUT2D eigenvalue weighted by atomic mass is 32.2. The van der Waals surface area contributed by atoms with Gasteiger partial charge in [-0.05, 0) is 53.4 Å². The molecule has 0 fully saturated rings. The first-order valence-electron chi connectivity index (χ1n) is 12.4. The molecule has 0 bridgehead atoms. The topological polar surface area (TPSA) is 86.8 Å². The maximum absolute atomic E-state index is 13.5. The highest BCUT2D eigenvalue weighted by Gasteiger charge is 2.31. The van der Waals surface area contributed by atoms with E-state index >= 15 is 0 Å². The van der Waals surface area contributed by atoms with Crippen LogP contribution in [-0.4, -0.2) is 55.6 Å². The number of carbonyl (C=O) groups excluding carboxylic acids is 2. The van der Waals surface area contributed by atoms with Crippen molar-refractivity contribution in [2.24, 2.45) is 0 Å². The van der Waals surface area contributed by atoms with Crippen LogP contribution >= 0.6 is 0 Å². The van der Waals surface area contributed by atoms with Crippen molar-refractivity contribution in [1.82, 2.24) is 14.5 Å². The van der Waals surface area contributed by atoms with Gasteiger partial charge < -0.3 is 10.2 Å². The van der Waals surface area contributed by atoms with Crippen LogP contribution in [-0.2, 0) is 26.2 Å². The Morgan fingerprint density at radius 2 is 1.65 bits per heavy atom. The number of sulfonamides is 1. The maximum Gasteiger partial charge on any atom is 0.243 e. The highest BCUT2D eigenvalue weighted by Crippen LogP contribution is 2.22. The molecule has 0 aliphatic heterocycles.